The molecule has 35 heavy (non-hydrogen) atoms. The SMILES string of the molecule is CCCCOc1nc2ccccc2cc1-c1cc(-c2ccc(Cl)cc2)nc(-c2ccc(Cl)cc2)c1. The highest BCUT2D eigenvalue weighted by Gasteiger charge is 2.15. The van der Waals surface area contributed by atoms with Gasteiger partial charge in [0, 0.05) is 32.1 Å². The lowest BCUT2D eigenvalue weighted by molar-refractivity contribution is 0.300. The number of pyridine rings is 2. The number of benzene rings is 3. The van der Waals surface area contributed by atoms with Crippen LogP contribution in [-0.2, 0) is 0 Å². The van der Waals surface area contributed by atoms with E-state index in [1.54, 1.807) is 0 Å². The fourth-order valence-electron chi connectivity index (χ4n) is 3.95. The topological polar surface area (TPSA) is 35.0 Å². The van der Waals surface area contributed by atoms with E-state index in [4.69, 9.17) is 37.9 Å². The van der Waals surface area contributed by atoms with Gasteiger partial charge in [-0.1, -0.05) is 79.0 Å². The van der Waals surface area contributed by atoms with Gasteiger partial charge < -0.3 is 4.74 Å². The first kappa shape index (κ1) is 23.3. The first-order valence-corrected chi connectivity index (χ1v) is 12.4. The summed E-state index contributed by atoms with van der Waals surface area (Å²) in [5.41, 5.74) is 6.48. The minimum atomic E-state index is 0.619. The van der Waals surface area contributed by atoms with Crippen LogP contribution >= 0.6 is 23.2 Å². The zero-order chi connectivity index (χ0) is 24.2. The molecule has 0 radical (unpaired) electrons. The molecule has 174 valence electrons. The maximum absolute atomic E-state index is 6.20. The van der Waals surface area contributed by atoms with Crippen molar-refractivity contribution in [3.05, 3.63) is 101 Å². The molecule has 5 rings (SSSR count). The Kier molecular flexibility index (Phi) is 6.98. The largest absolute Gasteiger partial charge is 0.477 e. The van der Waals surface area contributed by atoms with E-state index in [-0.39, 0.29) is 0 Å². The lowest BCUT2D eigenvalue weighted by Crippen LogP contribution is -2.01. The second-order valence-electron chi connectivity index (χ2n) is 8.38. The number of hydrogen-bond donors (Lipinski definition) is 0. The molecule has 5 aromatic rings. The van der Waals surface area contributed by atoms with Crippen molar-refractivity contribution in [3.8, 4) is 39.5 Å². The van der Waals surface area contributed by atoms with Gasteiger partial charge in [0.25, 0.3) is 0 Å². The van der Waals surface area contributed by atoms with E-state index >= 15 is 0 Å². The maximum Gasteiger partial charge on any atom is 0.221 e. The summed E-state index contributed by atoms with van der Waals surface area (Å²) in [6, 6.07) is 29.9. The summed E-state index contributed by atoms with van der Waals surface area (Å²) in [7, 11) is 0. The van der Waals surface area contributed by atoms with Crippen LogP contribution in [0.1, 0.15) is 19.8 Å². The average molecular weight is 499 g/mol. The van der Waals surface area contributed by atoms with Crippen molar-refractivity contribution >= 4 is 34.1 Å². The molecule has 2 heterocycles. The van der Waals surface area contributed by atoms with E-state index in [0.717, 1.165) is 57.4 Å². The molecule has 0 N–H and O–H groups in total. The van der Waals surface area contributed by atoms with Crippen LogP contribution in [0.25, 0.3) is 44.5 Å². The molecular weight excluding hydrogens is 475 g/mol. The maximum atomic E-state index is 6.20. The average Bonchev–Trinajstić information content (AvgIpc) is 2.89. The van der Waals surface area contributed by atoms with Crippen molar-refractivity contribution in [2.24, 2.45) is 0 Å². The molecule has 0 aliphatic rings. The van der Waals surface area contributed by atoms with E-state index in [1.807, 2.05) is 66.7 Å². The van der Waals surface area contributed by atoms with Crippen LogP contribution in [0.3, 0.4) is 0 Å². The van der Waals surface area contributed by atoms with E-state index in [0.29, 0.717) is 22.5 Å². The molecular formula is C30H24Cl2N2O. The number of ether oxygens (including phenoxy) is 1. The van der Waals surface area contributed by atoms with Gasteiger partial charge in [-0.15, -0.1) is 0 Å². The van der Waals surface area contributed by atoms with Crippen LogP contribution < -0.4 is 4.74 Å². The Bertz CT molecular complexity index is 1400. The Balaban J connectivity index is 1.71. The molecule has 2 aromatic heterocycles. The van der Waals surface area contributed by atoms with Crippen LogP contribution in [-0.4, -0.2) is 16.6 Å². The molecule has 0 amide bonds. The fourth-order valence-corrected chi connectivity index (χ4v) is 4.20. The highest BCUT2D eigenvalue weighted by Crippen LogP contribution is 2.36. The molecule has 0 saturated heterocycles. The highest BCUT2D eigenvalue weighted by molar-refractivity contribution is 6.30. The number of aromatic nitrogens is 2. The normalized spacial score (nSPS) is 11.1. The Labute approximate surface area is 215 Å². The molecule has 0 atom stereocenters. The van der Waals surface area contributed by atoms with Gasteiger partial charge in [-0.2, -0.15) is 0 Å². The van der Waals surface area contributed by atoms with Gasteiger partial charge in [0.15, 0.2) is 0 Å². The number of fused-ring (bicyclic) bond motifs is 1. The lowest BCUT2D eigenvalue weighted by atomic mass is 9.99. The summed E-state index contributed by atoms with van der Waals surface area (Å²) in [6.07, 6.45) is 2.02. The fraction of sp³-hybridized carbons (Fsp3) is 0.133. The quantitative estimate of drug-likeness (QED) is 0.210. The second-order valence-corrected chi connectivity index (χ2v) is 9.25. The number of rotatable bonds is 7. The van der Waals surface area contributed by atoms with Gasteiger partial charge in [-0.3, -0.25) is 0 Å². The van der Waals surface area contributed by atoms with Gasteiger partial charge in [0.1, 0.15) is 0 Å². The number of halogens is 2. The third kappa shape index (κ3) is 5.32. The predicted molar refractivity (Wildman–Crippen MR) is 146 cm³/mol. The van der Waals surface area contributed by atoms with Crippen molar-refractivity contribution in [3.63, 3.8) is 0 Å². The Morgan fingerprint density at radius 1 is 0.686 bits per heavy atom. The number of para-hydroxylation sites is 1. The van der Waals surface area contributed by atoms with Gasteiger partial charge in [0.05, 0.1) is 23.5 Å². The monoisotopic (exact) mass is 498 g/mol. The van der Waals surface area contributed by atoms with E-state index < -0.39 is 0 Å². The standard InChI is InChI=1S/C30H24Cl2N2O/c1-2-3-16-35-30-26(17-22-6-4-5-7-27(22)34-30)23-18-28(20-8-12-24(31)13-9-20)33-29(19-23)21-10-14-25(32)15-11-21/h4-15,17-19H,2-3,16H2,1H3. The molecule has 5 heteroatoms. The summed E-state index contributed by atoms with van der Waals surface area (Å²) >= 11 is 12.3. The predicted octanol–water partition coefficient (Wildman–Crippen LogP) is 9.12. The van der Waals surface area contributed by atoms with Crippen LogP contribution in [0.2, 0.25) is 10.0 Å². The number of unbranched alkanes of at least 4 members (excludes halogenated alkanes) is 1. The Morgan fingerprint density at radius 2 is 1.29 bits per heavy atom. The van der Waals surface area contributed by atoms with E-state index in [1.165, 1.54) is 0 Å². The highest BCUT2D eigenvalue weighted by atomic mass is 35.5. The van der Waals surface area contributed by atoms with Gasteiger partial charge >= 0.3 is 0 Å². The van der Waals surface area contributed by atoms with Crippen molar-refractivity contribution in [2.75, 3.05) is 6.61 Å². The first-order chi connectivity index (χ1) is 17.1. The van der Waals surface area contributed by atoms with Crippen molar-refractivity contribution < 1.29 is 4.74 Å². The summed E-state index contributed by atoms with van der Waals surface area (Å²) in [5.74, 6) is 0.632. The van der Waals surface area contributed by atoms with Crippen molar-refractivity contribution in [2.45, 2.75) is 19.8 Å². The molecule has 0 aliphatic carbocycles. The van der Waals surface area contributed by atoms with Gasteiger partial charge in [-0.05, 0) is 60.5 Å². The number of hydrogen-bond acceptors (Lipinski definition) is 3. The lowest BCUT2D eigenvalue weighted by Gasteiger charge is -2.15. The van der Waals surface area contributed by atoms with Crippen LogP contribution in [0.5, 0.6) is 5.88 Å². The summed E-state index contributed by atoms with van der Waals surface area (Å²) < 4.78 is 6.20. The van der Waals surface area contributed by atoms with Crippen molar-refractivity contribution in [1.82, 2.24) is 9.97 Å². The Hall–Kier alpha value is -3.40. The van der Waals surface area contributed by atoms with E-state index in [2.05, 4.69) is 31.2 Å². The Morgan fingerprint density at radius 3 is 1.89 bits per heavy atom. The molecule has 0 spiro atoms. The number of nitrogens with zero attached hydrogens (tertiary/aromatic N) is 2. The second kappa shape index (κ2) is 10.5. The molecule has 3 nitrogen and oxygen atoms in total. The zero-order valence-corrected chi connectivity index (χ0v) is 20.9. The third-order valence-electron chi connectivity index (χ3n) is 5.84. The summed E-state index contributed by atoms with van der Waals surface area (Å²) in [6.45, 7) is 2.77. The van der Waals surface area contributed by atoms with Crippen LogP contribution in [0.15, 0.2) is 91.0 Å². The molecule has 0 fully saturated rings. The van der Waals surface area contributed by atoms with Crippen LogP contribution in [0, 0.1) is 0 Å². The first-order valence-electron chi connectivity index (χ1n) is 11.7. The minimum Gasteiger partial charge on any atom is -0.477 e. The zero-order valence-electron chi connectivity index (χ0n) is 19.3. The van der Waals surface area contributed by atoms with Crippen molar-refractivity contribution in [1.29, 1.82) is 0 Å². The molecule has 0 saturated carbocycles. The molecule has 0 aliphatic heterocycles. The summed E-state index contributed by atoms with van der Waals surface area (Å²) in [5, 5.41) is 2.43. The summed E-state index contributed by atoms with van der Waals surface area (Å²) in [4.78, 5) is 9.85. The molecule has 0 unspecified atom stereocenters. The smallest absolute Gasteiger partial charge is 0.221 e. The minimum absolute atomic E-state index is 0.619. The van der Waals surface area contributed by atoms with Crippen LogP contribution in [0.4, 0.5) is 0 Å². The van der Waals surface area contributed by atoms with E-state index in [9.17, 15) is 0 Å². The molecule has 0 bridgehead atoms. The van der Waals surface area contributed by atoms with Gasteiger partial charge in [-0.25, -0.2) is 9.97 Å². The third-order valence-corrected chi connectivity index (χ3v) is 6.35. The molecule has 3 aromatic carbocycles. The van der Waals surface area contributed by atoms with Gasteiger partial charge in [0.2, 0.25) is 5.88 Å².